The summed E-state index contributed by atoms with van der Waals surface area (Å²) < 4.78 is 94.9. The zero-order valence-electron chi connectivity index (χ0n) is 24.8. The number of hydrogen-bond acceptors (Lipinski definition) is 4. The SMILES string of the molecule is C=CC(=C)OC(=O)Cc1ccc(N(C(=O)c2cc(-c3ccc(C(F)(F)F)cc3)c3c(c2C)C(=C)c2ccccc2O3)C(F)(F)F)cc1. The molecule has 0 N–H and O–H groups in total. The minimum Gasteiger partial charge on any atom is -0.455 e. The lowest BCUT2D eigenvalue weighted by Gasteiger charge is -2.30. The number of allylic oxidation sites excluding steroid dienone is 1. The van der Waals surface area contributed by atoms with Crippen molar-refractivity contribution in [2.45, 2.75) is 25.8 Å². The topological polar surface area (TPSA) is 55.8 Å². The van der Waals surface area contributed by atoms with Gasteiger partial charge >= 0.3 is 18.4 Å². The average Bonchev–Trinajstić information content (AvgIpc) is 3.01. The van der Waals surface area contributed by atoms with E-state index in [0.717, 1.165) is 36.4 Å². The van der Waals surface area contributed by atoms with Crippen LogP contribution in [0.15, 0.2) is 110 Å². The summed E-state index contributed by atoms with van der Waals surface area (Å²) in [6, 6.07) is 16.5. The maximum atomic E-state index is 14.6. The van der Waals surface area contributed by atoms with E-state index < -0.39 is 35.6 Å². The first-order chi connectivity index (χ1) is 22.1. The molecule has 0 radical (unpaired) electrons. The summed E-state index contributed by atoms with van der Waals surface area (Å²) in [6.45, 7) is 12.5. The normalized spacial score (nSPS) is 12.4. The molecule has 1 aliphatic rings. The summed E-state index contributed by atoms with van der Waals surface area (Å²) in [5.74, 6) is -1.64. The van der Waals surface area contributed by atoms with E-state index in [9.17, 15) is 35.9 Å². The number of ether oxygens (including phenoxy) is 2. The zero-order chi connectivity index (χ0) is 34.3. The largest absolute Gasteiger partial charge is 0.491 e. The third-order valence-corrected chi connectivity index (χ3v) is 7.49. The number of para-hydroxylation sites is 1. The quantitative estimate of drug-likeness (QED) is 0.0579. The lowest BCUT2D eigenvalue weighted by atomic mass is 9.85. The Bertz CT molecular complexity index is 1920. The van der Waals surface area contributed by atoms with Gasteiger partial charge in [0.25, 0.3) is 5.91 Å². The van der Waals surface area contributed by atoms with Gasteiger partial charge in [0.05, 0.1) is 17.7 Å². The van der Waals surface area contributed by atoms with Gasteiger partial charge in [-0.1, -0.05) is 62.2 Å². The summed E-state index contributed by atoms with van der Waals surface area (Å²) in [5, 5.41) is 0. The van der Waals surface area contributed by atoms with Crippen LogP contribution in [0.2, 0.25) is 0 Å². The van der Waals surface area contributed by atoms with E-state index in [4.69, 9.17) is 9.47 Å². The van der Waals surface area contributed by atoms with Crippen LogP contribution in [-0.2, 0) is 22.1 Å². The molecule has 0 unspecified atom stereocenters. The van der Waals surface area contributed by atoms with Gasteiger partial charge in [0.1, 0.15) is 17.3 Å². The molecule has 0 aromatic heterocycles. The van der Waals surface area contributed by atoms with Crippen molar-refractivity contribution >= 4 is 23.1 Å². The van der Waals surface area contributed by atoms with E-state index >= 15 is 0 Å². The van der Waals surface area contributed by atoms with Crippen molar-refractivity contribution < 1.29 is 45.4 Å². The molecular formula is C36H25F6NO4. The van der Waals surface area contributed by atoms with Crippen molar-refractivity contribution in [1.29, 1.82) is 0 Å². The highest BCUT2D eigenvalue weighted by Gasteiger charge is 2.44. The molecule has 240 valence electrons. The van der Waals surface area contributed by atoms with Crippen LogP contribution < -0.4 is 9.64 Å². The molecule has 0 atom stereocenters. The van der Waals surface area contributed by atoms with E-state index in [-0.39, 0.29) is 50.6 Å². The Hall–Kier alpha value is -5.58. The minimum atomic E-state index is -5.20. The monoisotopic (exact) mass is 649 g/mol. The van der Waals surface area contributed by atoms with Gasteiger partial charge in [-0.3, -0.25) is 9.59 Å². The number of esters is 1. The van der Waals surface area contributed by atoms with Crippen molar-refractivity contribution in [1.82, 2.24) is 0 Å². The molecule has 5 nitrogen and oxygen atoms in total. The predicted octanol–water partition coefficient (Wildman–Crippen LogP) is 9.80. The summed E-state index contributed by atoms with van der Waals surface area (Å²) in [7, 11) is 0. The molecule has 11 heteroatoms. The van der Waals surface area contributed by atoms with Crippen LogP contribution in [0.25, 0.3) is 16.7 Å². The molecular weight excluding hydrogens is 624 g/mol. The number of halogens is 6. The highest BCUT2D eigenvalue weighted by atomic mass is 19.4. The standard InChI is InChI=1S/C36H25F6NO4/c1-5-20(2)46-31(44)18-23-10-16-26(17-11-23)43(36(40,41)42)34(45)28-19-29(24-12-14-25(15-13-24)35(37,38)39)33-32(22(28)4)21(3)27-8-6-7-9-30(27)47-33/h5-17,19H,1-3,18H2,4H3. The Balaban J connectivity index is 1.62. The van der Waals surface area contributed by atoms with Gasteiger partial charge < -0.3 is 9.47 Å². The number of carbonyl (C=O) groups excluding carboxylic acids is 2. The Morgan fingerprint density at radius 1 is 0.915 bits per heavy atom. The molecule has 0 bridgehead atoms. The Labute approximate surface area is 265 Å². The fraction of sp³-hybridized carbons (Fsp3) is 0.111. The smallest absolute Gasteiger partial charge is 0.455 e. The van der Waals surface area contributed by atoms with Crippen molar-refractivity contribution in [2.75, 3.05) is 4.90 Å². The molecule has 47 heavy (non-hydrogen) atoms. The number of benzene rings is 4. The molecule has 5 rings (SSSR count). The molecule has 0 aliphatic carbocycles. The molecule has 0 saturated carbocycles. The van der Waals surface area contributed by atoms with Gasteiger partial charge in [-0.2, -0.15) is 13.2 Å². The van der Waals surface area contributed by atoms with Crippen LogP contribution in [0.5, 0.6) is 11.5 Å². The Kier molecular flexibility index (Phi) is 8.59. The number of rotatable bonds is 7. The van der Waals surface area contributed by atoms with Gasteiger partial charge in [0, 0.05) is 22.3 Å². The fourth-order valence-corrected chi connectivity index (χ4v) is 5.20. The van der Waals surface area contributed by atoms with E-state index in [1.807, 2.05) is 0 Å². The van der Waals surface area contributed by atoms with Crippen molar-refractivity contribution in [3.05, 3.63) is 144 Å². The maximum absolute atomic E-state index is 14.6. The van der Waals surface area contributed by atoms with Crippen LogP contribution >= 0.6 is 0 Å². The van der Waals surface area contributed by atoms with E-state index in [2.05, 4.69) is 19.7 Å². The zero-order valence-corrected chi connectivity index (χ0v) is 24.8. The van der Waals surface area contributed by atoms with Crippen LogP contribution in [0.4, 0.5) is 32.0 Å². The van der Waals surface area contributed by atoms with Gasteiger partial charge in [0.2, 0.25) is 0 Å². The van der Waals surface area contributed by atoms with Crippen LogP contribution in [0.3, 0.4) is 0 Å². The first kappa shape index (κ1) is 32.8. The van der Waals surface area contributed by atoms with Crippen LogP contribution in [-0.4, -0.2) is 18.2 Å². The van der Waals surface area contributed by atoms with E-state index in [0.29, 0.717) is 22.4 Å². The second kappa shape index (κ2) is 12.3. The number of anilines is 1. The molecule has 1 amide bonds. The third kappa shape index (κ3) is 6.55. The van der Waals surface area contributed by atoms with Crippen molar-refractivity contribution in [2.24, 2.45) is 0 Å². The molecule has 1 heterocycles. The lowest BCUT2D eigenvalue weighted by molar-refractivity contribution is -0.138. The highest BCUT2D eigenvalue weighted by Crippen LogP contribution is 2.50. The number of carbonyl (C=O) groups is 2. The Morgan fingerprint density at radius 3 is 2.15 bits per heavy atom. The number of nitrogens with zero attached hydrogens (tertiary/aromatic N) is 1. The van der Waals surface area contributed by atoms with Gasteiger partial charge in [-0.05, 0) is 71.7 Å². The van der Waals surface area contributed by atoms with E-state index in [1.165, 1.54) is 31.2 Å². The summed E-state index contributed by atoms with van der Waals surface area (Å²) in [5.41, 5.74) is -0.0238. The highest BCUT2D eigenvalue weighted by molar-refractivity contribution is 6.10. The molecule has 1 aliphatic heterocycles. The molecule has 0 fully saturated rings. The molecule has 4 aromatic rings. The van der Waals surface area contributed by atoms with Crippen molar-refractivity contribution in [3.8, 4) is 22.6 Å². The van der Waals surface area contributed by atoms with Crippen LogP contribution in [0.1, 0.15) is 38.2 Å². The second-order valence-electron chi connectivity index (χ2n) is 10.5. The summed E-state index contributed by atoms with van der Waals surface area (Å²) in [4.78, 5) is 25.7. The number of amides is 1. The first-order valence-electron chi connectivity index (χ1n) is 13.9. The molecule has 4 aromatic carbocycles. The van der Waals surface area contributed by atoms with Gasteiger partial charge in [-0.15, -0.1) is 13.2 Å². The van der Waals surface area contributed by atoms with E-state index in [1.54, 1.807) is 24.3 Å². The van der Waals surface area contributed by atoms with Gasteiger partial charge in [-0.25, -0.2) is 4.90 Å². The molecule has 0 saturated heterocycles. The molecule has 0 spiro atoms. The average molecular weight is 650 g/mol. The number of alkyl halides is 6. The predicted molar refractivity (Wildman–Crippen MR) is 165 cm³/mol. The third-order valence-electron chi connectivity index (χ3n) is 7.49. The number of hydrogen-bond donors (Lipinski definition) is 0. The van der Waals surface area contributed by atoms with Crippen LogP contribution in [0, 0.1) is 6.92 Å². The number of fused-ring (bicyclic) bond motifs is 2. The first-order valence-corrected chi connectivity index (χ1v) is 13.9. The Morgan fingerprint density at radius 2 is 1.55 bits per heavy atom. The fourth-order valence-electron chi connectivity index (χ4n) is 5.20. The minimum absolute atomic E-state index is 0.00752. The maximum Gasteiger partial charge on any atom is 0.491 e. The second-order valence-corrected chi connectivity index (χ2v) is 10.5. The van der Waals surface area contributed by atoms with Crippen molar-refractivity contribution in [3.63, 3.8) is 0 Å². The summed E-state index contributed by atoms with van der Waals surface area (Å²) in [6.07, 6.45) is -8.88. The lowest BCUT2D eigenvalue weighted by Crippen LogP contribution is -2.43. The summed E-state index contributed by atoms with van der Waals surface area (Å²) >= 11 is 0. The van der Waals surface area contributed by atoms with Gasteiger partial charge in [0.15, 0.2) is 0 Å².